The quantitative estimate of drug-likeness (QED) is 0.342. The number of alkyl halides is 3. The maximum Gasteiger partial charge on any atom is 0.416 e. The molecular formula is C26H33F3N2O4S. The van der Waals surface area contributed by atoms with E-state index < -0.39 is 11.7 Å². The molecule has 1 aromatic heterocycles. The van der Waals surface area contributed by atoms with Crippen molar-refractivity contribution in [2.24, 2.45) is 5.92 Å². The number of rotatable bonds is 11. The number of hydrogen-bond donors (Lipinski definition) is 1. The Balaban J connectivity index is 1.64. The highest BCUT2D eigenvalue weighted by Crippen LogP contribution is 2.35. The van der Waals surface area contributed by atoms with Crippen molar-refractivity contribution in [2.75, 3.05) is 7.05 Å². The Bertz CT molecular complexity index is 1020. The minimum absolute atomic E-state index is 0.00767. The van der Waals surface area contributed by atoms with Crippen LogP contribution in [-0.2, 0) is 27.1 Å². The molecule has 1 aliphatic rings. The molecule has 1 saturated carbocycles. The fourth-order valence-electron chi connectivity index (χ4n) is 4.60. The van der Waals surface area contributed by atoms with Crippen LogP contribution in [0.5, 0.6) is 0 Å². The van der Waals surface area contributed by atoms with Crippen LogP contribution in [-0.4, -0.2) is 34.9 Å². The van der Waals surface area contributed by atoms with E-state index in [9.17, 15) is 22.8 Å². The zero-order valence-electron chi connectivity index (χ0n) is 20.8. The summed E-state index contributed by atoms with van der Waals surface area (Å²) in [5.74, 6) is 1.00. The molecule has 1 heterocycles. The van der Waals surface area contributed by atoms with Crippen molar-refractivity contribution >= 4 is 23.3 Å². The Hall–Kier alpha value is -2.33. The van der Waals surface area contributed by atoms with Gasteiger partial charge in [-0.15, -0.1) is 0 Å². The summed E-state index contributed by atoms with van der Waals surface area (Å²) >= 11 is 1.01. The SMILES string of the molecule is CNC(=O)C(CCC1CCCC(OCc2nc(-c3cccc(C(F)(F)F)c3)oc2C(C)C)C1)SC=O. The number of carbonyl (C=O) groups is 2. The van der Waals surface area contributed by atoms with Crippen LogP contribution in [0.1, 0.15) is 75.3 Å². The van der Waals surface area contributed by atoms with E-state index in [1.165, 1.54) is 6.07 Å². The van der Waals surface area contributed by atoms with Crippen LogP contribution in [0.2, 0.25) is 0 Å². The number of benzene rings is 1. The molecule has 10 heteroatoms. The summed E-state index contributed by atoms with van der Waals surface area (Å²) in [5, 5.41) is 2.23. The Morgan fingerprint density at radius 3 is 2.78 bits per heavy atom. The molecule has 2 aromatic rings. The van der Waals surface area contributed by atoms with Gasteiger partial charge in [-0.2, -0.15) is 13.2 Å². The normalized spacial score (nSPS) is 19.3. The Morgan fingerprint density at radius 1 is 1.33 bits per heavy atom. The van der Waals surface area contributed by atoms with E-state index in [4.69, 9.17) is 9.15 Å². The number of aromatic nitrogens is 1. The van der Waals surface area contributed by atoms with Gasteiger partial charge in [0, 0.05) is 18.5 Å². The van der Waals surface area contributed by atoms with Crippen LogP contribution < -0.4 is 5.32 Å². The maximum absolute atomic E-state index is 13.1. The van der Waals surface area contributed by atoms with Crippen LogP contribution in [0, 0.1) is 5.92 Å². The molecule has 3 rings (SSSR count). The molecule has 1 aliphatic carbocycles. The summed E-state index contributed by atoms with van der Waals surface area (Å²) in [6.07, 6.45) is 0.851. The predicted molar refractivity (Wildman–Crippen MR) is 133 cm³/mol. The summed E-state index contributed by atoms with van der Waals surface area (Å²) in [6.45, 7) is 4.10. The van der Waals surface area contributed by atoms with Gasteiger partial charge in [-0.05, 0) is 49.8 Å². The van der Waals surface area contributed by atoms with Crippen LogP contribution >= 0.6 is 11.8 Å². The number of nitrogens with zero attached hydrogens (tertiary/aromatic N) is 1. The average Bonchev–Trinajstić information content (AvgIpc) is 3.29. The van der Waals surface area contributed by atoms with Gasteiger partial charge in [0.1, 0.15) is 11.5 Å². The largest absolute Gasteiger partial charge is 0.441 e. The summed E-state index contributed by atoms with van der Waals surface area (Å²) in [4.78, 5) is 27.4. The lowest BCUT2D eigenvalue weighted by Crippen LogP contribution is -2.31. The first-order valence-electron chi connectivity index (χ1n) is 12.2. The van der Waals surface area contributed by atoms with Crippen molar-refractivity contribution in [2.45, 2.75) is 82.4 Å². The van der Waals surface area contributed by atoms with Crippen molar-refractivity contribution in [3.8, 4) is 11.5 Å². The third-order valence-electron chi connectivity index (χ3n) is 6.47. The number of hydrogen-bond acceptors (Lipinski definition) is 6. The smallest absolute Gasteiger partial charge is 0.416 e. The lowest BCUT2D eigenvalue weighted by atomic mass is 9.84. The van der Waals surface area contributed by atoms with Gasteiger partial charge in [-0.25, -0.2) is 4.98 Å². The molecule has 0 saturated heterocycles. The molecule has 1 aromatic carbocycles. The second-order valence-corrected chi connectivity index (χ2v) is 10.5. The number of halogens is 3. The standard InChI is InChI=1S/C26H33F3N2O4S/c1-16(2)23-21(31-25(35-23)18-7-5-8-19(13-18)26(27,28)29)14-34-20-9-4-6-17(12-20)10-11-22(36-15-32)24(33)30-3/h5,7-8,13,15-17,20,22H,4,6,9-12,14H2,1-3H3,(H,30,33). The van der Waals surface area contributed by atoms with Gasteiger partial charge in [0.2, 0.25) is 11.8 Å². The van der Waals surface area contributed by atoms with Crippen molar-refractivity contribution < 1.29 is 31.9 Å². The fraction of sp³-hybridized carbons (Fsp3) is 0.577. The molecule has 198 valence electrons. The molecule has 0 spiro atoms. The summed E-state index contributed by atoms with van der Waals surface area (Å²) < 4.78 is 51.5. The first-order valence-corrected chi connectivity index (χ1v) is 13.2. The summed E-state index contributed by atoms with van der Waals surface area (Å²) in [5.41, 5.74) is 0.835. The van der Waals surface area contributed by atoms with E-state index in [0.29, 0.717) is 29.4 Å². The van der Waals surface area contributed by atoms with Gasteiger partial charge in [0.25, 0.3) is 0 Å². The van der Waals surface area contributed by atoms with E-state index in [-0.39, 0.29) is 41.2 Å². The number of nitrogens with one attached hydrogen (secondary N) is 1. The molecule has 1 amide bonds. The molecule has 6 nitrogen and oxygen atoms in total. The molecule has 0 radical (unpaired) electrons. The molecule has 1 fully saturated rings. The number of oxazole rings is 1. The number of ether oxygens (including phenoxy) is 1. The lowest BCUT2D eigenvalue weighted by molar-refractivity contribution is -0.137. The Kier molecular flexibility index (Phi) is 10.0. The minimum atomic E-state index is -4.45. The van der Waals surface area contributed by atoms with Crippen LogP contribution in [0.4, 0.5) is 13.2 Å². The molecule has 0 aliphatic heterocycles. The molecular weight excluding hydrogens is 493 g/mol. The van der Waals surface area contributed by atoms with Gasteiger partial charge in [-0.3, -0.25) is 9.59 Å². The topological polar surface area (TPSA) is 81.4 Å². The highest BCUT2D eigenvalue weighted by atomic mass is 32.2. The van der Waals surface area contributed by atoms with Gasteiger partial charge < -0.3 is 14.5 Å². The van der Waals surface area contributed by atoms with Crippen molar-refractivity contribution in [1.29, 1.82) is 0 Å². The van der Waals surface area contributed by atoms with Gasteiger partial charge in [0.05, 0.1) is 23.5 Å². The highest BCUT2D eigenvalue weighted by molar-refractivity contribution is 8.13. The second-order valence-electron chi connectivity index (χ2n) is 9.44. The van der Waals surface area contributed by atoms with Crippen molar-refractivity contribution in [3.63, 3.8) is 0 Å². The Morgan fingerprint density at radius 2 is 2.11 bits per heavy atom. The van der Waals surface area contributed by atoms with Crippen LogP contribution in [0.25, 0.3) is 11.5 Å². The zero-order valence-corrected chi connectivity index (χ0v) is 21.6. The zero-order chi connectivity index (χ0) is 26.3. The van der Waals surface area contributed by atoms with E-state index in [1.54, 1.807) is 13.1 Å². The number of carbonyl (C=O) groups excluding carboxylic acids is 2. The number of thioether (sulfide) groups is 1. The summed E-state index contributed by atoms with van der Waals surface area (Å²) in [6, 6.07) is 4.96. The maximum atomic E-state index is 13.1. The molecule has 36 heavy (non-hydrogen) atoms. The van der Waals surface area contributed by atoms with Gasteiger partial charge >= 0.3 is 6.18 Å². The average molecular weight is 527 g/mol. The minimum Gasteiger partial charge on any atom is -0.441 e. The summed E-state index contributed by atoms with van der Waals surface area (Å²) in [7, 11) is 1.57. The lowest BCUT2D eigenvalue weighted by Gasteiger charge is -2.29. The van der Waals surface area contributed by atoms with E-state index in [1.807, 2.05) is 13.8 Å². The van der Waals surface area contributed by atoms with Crippen molar-refractivity contribution in [3.05, 3.63) is 41.3 Å². The van der Waals surface area contributed by atoms with E-state index >= 15 is 0 Å². The second kappa shape index (κ2) is 12.8. The van der Waals surface area contributed by atoms with Crippen LogP contribution in [0.15, 0.2) is 28.7 Å². The van der Waals surface area contributed by atoms with Gasteiger partial charge in [-0.1, -0.05) is 44.5 Å². The van der Waals surface area contributed by atoms with Crippen LogP contribution in [0.3, 0.4) is 0 Å². The first kappa shape index (κ1) is 28.2. The van der Waals surface area contributed by atoms with E-state index in [2.05, 4.69) is 10.3 Å². The highest BCUT2D eigenvalue weighted by Gasteiger charge is 2.31. The van der Waals surface area contributed by atoms with Crippen molar-refractivity contribution in [1.82, 2.24) is 10.3 Å². The third kappa shape index (κ3) is 7.59. The number of amides is 1. The molecule has 3 atom stereocenters. The Labute approximate surface area is 213 Å². The predicted octanol–water partition coefficient (Wildman–Crippen LogP) is 6.38. The van der Waals surface area contributed by atoms with E-state index in [0.717, 1.165) is 56.0 Å². The van der Waals surface area contributed by atoms with Gasteiger partial charge in [0.15, 0.2) is 5.62 Å². The third-order valence-corrected chi connectivity index (χ3v) is 7.36. The molecule has 1 N–H and O–H groups in total. The monoisotopic (exact) mass is 526 g/mol. The first-order chi connectivity index (χ1) is 17.1. The molecule has 0 bridgehead atoms. The fourth-order valence-corrected chi connectivity index (χ4v) is 5.25. The molecule has 3 unspecified atom stereocenters.